The number of nitrogens with two attached hydrogens (primary N) is 1. The minimum Gasteiger partial charge on any atom is -0.457 e. The number of anilines is 3. The molecule has 10 heteroatoms. The molecular weight excluding hydrogens is 528 g/mol. The number of likely N-dealkylation sites (tertiary alicyclic amines) is 1. The maximum atomic E-state index is 13.0. The zero-order valence-corrected chi connectivity index (χ0v) is 23.5. The average Bonchev–Trinajstić information content (AvgIpc) is 3.02. The van der Waals surface area contributed by atoms with Gasteiger partial charge in [-0.3, -0.25) is 10.2 Å². The van der Waals surface area contributed by atoms with Crippen LogP contribution in [-0.2, 0) is 4.79 Å². The number of rotatable bonds is 10. The van der Waals surface area contributed by atoms with E-state index in [0.29, 0.717) is 42.3 Å². The highest BCUT2D eigenvalue weighted by molar-refractivity contribution is 6.16. The Bertz CT molecular complexity index is 1530. The molecule has 4 aromatic rings. The van der Waals surface area contributed by atoms with Crippen molar-refractivity contribution in [3.8, 4) is 11.5 Å². The van der Waals surface area contributed by atoms with Crippen LogP contribution in [0.25, 0.3) is 0 Å². The van der Waals surface area contributed by atoms with E-state index >= 15 is 0 Å². The van der Waals surface area contributed by atoms with E-state index in [9.17, 15) is 4.79 Å². The van der Waals surface area contributed by atoms with Gasteiger partial charge in [0.05, 0.1) is 11.3 Å². The molecule has 1 unspecified atom stereocenters. The lowest BCUT2D eigenvalue weighted by molar-refractivity contribution is -0.127. The Labute approximate surface area is 245 Å². The van der Waals surface area contributed by atoms with Gasteiger partial charge in [-0.25, -0.2) is 15.0 Å². The monoisotopic (exact) mass is 562 g/mol. The predicted molar refractivity (Wildman–Crippen MR) is 165 cm³/mol. The number of nitrogens with one attached hydrogen (secondary N) is 2. The van der Waals surface area contributed by atoms with Crippen LogP contribution in [0.4, 0.5) is 17.5 Å². The van der Waals surface area contributed by atoms with E-state index in [1.807, 2.05) is 95.7 Å². The highest BCUT2D eigenvalue weighted by atomic mass is 16.5. The van der Waals surface area contributed by atoms with Gasteiger partial charge in [0.2, 0.25) is 5.91 Å². The highest BCUT2D eigenvalue weighted by Gasteiger charge is 2.25. The first-order chi connectivity index (χ1) is 20.5. The van der Waals surface area contributed by atoms with E-state index in [1.54, 1.807) is 12.3 Å². The molecule has 1 aliphatic rings. The standard InChI is InChI=1S/C32H34N8O2/c1-39(27-12-5-6-18-35-27)19-8-13-28(41)40-20-7-9-24(21-40)38-32-29(31(34)36-22-37-32)30(33)23-14-16-26(17-15-23)42-25-10-3-2-4-11-25/h2-6,8,10-18,22,24,33H,7,9,19-21H2,1H3,(H3,34,36,37,38)/b13-8+,33-30?. The van der Waals surface area contributed by atoms with E-state index in [1.165, 1.54) is 6.33 Å². The molecule has 1 atom stereocenters. The van der Waals surface area contributed by atoms with Gasteiger partial charge in [0, 0.05) is 50.6 Å². The number of carbonyl (C=O) groups is 1. The highest BCUT2D eigenvalue weighted by Crippen LogP contribution is 2.26. The molecule has 0 aliphatic carbocycles. The lowest BCUT2D eigenvalue weighted by atomic mass is 10.0. The summed E-state index contributed by atoms with van der Waals surface area (Å²) in [4.78, 5) is 29.7. The third-order valence-corrected chi connectivity index (χ3v) is 7.00. The van der Waals surface area contributed by atoms with Gasteiger partial charge in [0.15, 0.2) is 0 Å². The molecule has 0 saturated carbocycles. The molecule has 5 rings (SSSR count). The summed E-state index contributed by atoms with van der Waals surface area (Å²) in [6.07, 6.45) is 8.32. The van der Waals surface area contributed by atoms with Crippen molar-refractivity contribution in [3.05, 3.63) is 109 Å². The van der Waals surface area contributed by atoms with Crippen molar-refractivity contribution < 1.29 is 9.53 Å². The number of aromatic nitrogens is 3. The van der Waals surface area contributed by atoms with Crippen LogP contribution in [0.3, 0.4) is 0 Å². The van der Waals surface area contributed by atoms with Crippen LogP contribution in [0.15, 0.2) is 97.5 Å². The van der Waals surface area contributed by atoms with Gasteiger partial charge in [-0.2, -0.15) is 0 Å². The number of para-hydroxylation sites is 1. The van der Waals surface area contributed by atoms with Crippen molar-refractivity contribution in [3.63, 3.8) is 0 Å². The zero-order valence-electron chi connectivity index (χ0n) is 23.5. The van der Waals surface area contributed by atoms with Crippen LogP contribution >= 0.6 is 0 Å². The molecule has 1 amide bonds. The number of nitrogen functional groups attached to an aromatic ring is 1. The Balaban J connectivity index is 1.22. The normalized spacial score (nSPS) is 14.9. The number of pyridine rings is 1. The Morgan fingerprint density at radius 1 is 1.07 bits per heavy atom. The molecule has 214 valence electrons. The van der Waals surface area contributed by atoms with Gasteiger partial charge in [-0.1, -0.05) is 30.3 Å². The summed E-state index contributed by atoms with van der Waals surface area (Å²) in [5.74, 6) is 2.90. The van der Waals surface area contributed by atoms with Crippen LogP contribution in [-0.4, -0.2) is 64.2 Å². The summed E-state index contributed by atoms with van der Waals surface area (Å²) in [5, 5.41) is 12.4. The smallest absolute Gasteiger partial charge is 0.246 e. The van der Waals surface area contributed by atoms with Gasteiger partial charge >= 0.3 is 0 Å². The summed E-state index contributed by atoms with van der Waals surface area (Å²) in [5.41, 5.74) is 7.53. The molecule has 1 fully saturated rings. The van der Waals surface area contributed by atoms with E-state index in [0.717, 1.165) is 24.4 Å². The van der Waals surface area contributed by atoms with Gasteiger partial charge in [-0.05, 0) is 61.4 Å². The fraction of sp³-hybridized carbons (Fsp3) is 0.219. The SMILES string of the molecule is CN(C/C=C/C(=O)N1CCCC(Nc2ncnc(N)c2C(=N)c2ccc(Oc3ccccc3)cc2)C1)c1ccccn1. The lowest BCUT2D eigenvalue weighted by Crippen LogP contribution is -2.45. The molecule has 0 bridgehead atoms. The van der Waals surface area contributed by atoms with Crippen molar-refractivity contribution >= 4 is 29.1 Å². The average molecular weight is 563 g/mol. The number of nitrogens with zero attached hydrogens (tertiary/aromatic N) is 5. The molecule has 0 radical (unpaired) electrons. The largest absolute Gasteiger partial charge is 0.457 e. The van der Waals surface area contributed by atoms with Gasteiger partial charge in [0.25, 0.3) is 0 Å². The first-order valence-corrected chi connectivity index (χ1v) is 13.8. The summed E-state index contributed by atoms with van der Waals surface area (Å²) in [7, 11) is 1.94. The van der Waals surface area contributed by atoms with Crippen molar-refractivity contribution in [1.29, 1.82) is 5.41 Å². The van der Waals surface area contributed by atoms with Crippen molar-refractivity contribution in [2.45, 2.75) is 18.9 Å². The van der Waals surface area contributed by atoms with E-state index in [4.69, 9.17) is 15.9 Å². The Hall–Kier alpha value is -5.25. The first kappa shape index (κ1) is 28.3. The molecule has 1 saturated heterocycles. The van der Waals surface area contributed by atoms with Gasteiger partial charge in [0.1, 0.15) is 35.3 Å². The summed E-state index contributed by atoms with van der Waals surface area (Å²) < 4.78 is 5.88. The summed E-state index contributed by atoms with van der Waals surface area (Å²) >= 11 is 0. The third-order valence-electron chi connectivity index (χ3n) is 7.00. The van der Waals surface area contributed by atoms with E-state index < -0.39 is 0 Å². The number of piperidine rings is 1. The zero-order chi connectivity index (χ0) is 29.3. The van der Waals surface area contributed by atoms with Crippen LogP contribution in [0.1, 0.15) is 24.0 Å². The minimum absolute atomic E-state index is 0.0381. The van der Waals surface area contributed by atoms with E-state index in [2.05, 4.69) is 20.3 Å². The Kier molecular flexibility index (Phi) is 9.03. The third kappa shape index (κ3) is 7.08. The molecule has 1 aliphatic heterocycles. The first-order valence-electron chi connectivity index (χ1n) is 13.8. The maximum absolute atomic E-state index is 13.0. The molecule has 2 aromatic carbocycles. The second kappa shape index (κ2) is 13.4. The Morgan fingerprint density at radius 3 is 2.60 bits per heavy atom. The van der Waals surface area contributed by atoms with Crippen molar-refractivity contribution in [2.24, 2.45) is 0 Å². The van der Waals surface area contributed by atoms with Gasteiger partial charge in [-0.15, -0.1) is 0 Å². The molecule has 2 aromatic heterocycles. The quantitative estimate of drug-likeness (QED) is 0.186. The predicted octanol–water partition coefficient (Wildman–Crippen LogP) is 4.76. The van der Waals surface area contributed by atoms with Crippen LogP contribution < -0.4 is 20.7 Å². The van der Waals surface area contributed by atoms with E-state index in [-0.39, 0.29) is 23.5 Å². The van der Waals surface area contributed by atoms with Crippen molar-refractivity contribution in [2.75, 3.05) is 42.6 Å². The molecule has 10 nitrogen and oxygen atoms in total. The summed E-state index contributed by atoms with van der Waals surface area (Å²) in [6.45, 7) is 1.77. The number of carbonyl (C=O) groups excluding carboxylic acids is 1. The van der Waals surface area contributed by atoms with Crippen LogP contribution in [0.2, 0.25) is 0 Å². The van der Waals surface area contributed by atoms with Crippen molar-refractivity contribution in [1.82, 2.24) is 19.9 Å². The fourth-order valence-corrected chi connectivity index (χ4v) is 4.79. The number of benzene rings is 2. The molecule has 3 heterocycles. The lowest BCUT2D eigenvalue weighted by Gasteiger charge is -2.33. The number of ether oxygens (including phenoxy) is 1. The second-order valence-electron chi connectivity index (χ2n) is 10.0. The number of hydrogen-bond acceptors (Lipinski definition) is 9. The number of amides is 1. The number of likely N-dealkylation sites (N-methyl/N-ethyl adjacent to an activating group) is 1. The van der Waals surface area contributed by atoms with Crippen LogP contribution in [0, 0.1) is 5.41 Å². The fourth-order valence-electron chi connectivity index (χ4n) is 4.79. The minimum atomic E-state index is -0.0465. The second-order valence-corrected chi connectivity index (χ2v) is 10.0. The maximum Gasteiger partial charge on any atom is 0.246 e. The number of hydrogen-bond donors (Lipinski definition) is 3. The molecule has 0 spiro atoms. The topological polar surface area (TPSA) is 133 Å². The Morgan fingerprint density at radius 2 is 1.83 bits per heavy atom. The van der Waals surface area contributed by atoms with Crippen LogP contribution in [0.5, 0.6) is 11.5 Å². The molecule has 4 N–H and O–H groups in total. The van der Waals surface area contributed by atoms with Gasteiger partial charge < -0.3 is 25.6 Å². The summed E-state index contributed by atoms with van der Waals surface area (Å²) in [6, 6.07) is 22.5. The molecule has 42 heavy (non-hydrogen) atoms. The molecular formula is C32H34N8O2.